The predicted molar refractivity (Wildman–Crippen MR) is 89.8 cm³/mol. The van der Waals surface area contributed by atoms with Crippen LogP contribution in [0.2, 0.25) is 0 Å². The molecule has 0 bridgehead atoms. The van der Waals surface area contributed by atoms with E-state index >= 15 is 0 Å². The lowest BCUT2D eigenvalue weighted by atomic mass is 10.1. The molecule has 21 heavy (non-hydrogen) atoms. The molecule has 108 valence electrons. The fourth-order valence-corrected chi connectivity index (χ4v) is 2.14. The summed E-state index contributed by atoms with van der Waals surface area (Å²) in [6, 6.07) is 11.4. The lowest BCUT2D eigenvalue weighted by Gasteiger charge is -2.10. The number of amides is 1. The minimum absolute atomic E-state index is 0.123. The molecule has 0 aromatic heterocycles. The van der Waals surface area contributed by atoms with Crippen LogP contribution in [-0.2, 0) is 0 Å². The van der Waals surface area contributed by atoms with Crippen LogP contribution in [0.25, 0.3) is 0 Å². The molecule has 0 unspecified atom stereocenters. The Balaban J connectivity index is 2.30. The zero-order valence-corrected chi connectivity index (χ0v) is 13.2. The van der Waals surface area contributed by atoms with Gasteiger partial charge in [0.2, 0.25) is 0 Å². The van der Waals surface area contributed by atoms with Crippen LogP contribution in [0, 0.1) is 13.7 Å². The lowest BCUT2D eigenvalue weighted by Crippen LogP contribution is -2.14. The maximum absolute atomic E-state index is 12.3. The Morgan fingerprint density at radius 1 is 1.19 bits per heavy atom. The molecule has 0 atom stereocenters. The topological polar surface area (TPSA) is 84.3 Å². The molecule has 0 spiro atoms. The number of anilines is 2. The van der Waals surface area contributed by atoms with E-state index in [2.05, 4.69) is 33.2 Å². The largest absolute Gasteiger partial charge is 0.387 e. The van der Waals surface area contributed by atoms with Gasteiger partial charge in [-0.1, -0.05) is 0 Å². The van der Waals surface area contributed by atoms with Gasteiger partial charge in [-0.15, -0.1) is 0 Å². The zero-order valence-electron chi connectivity index (χ0n) is 11.1. The van der Waals surface area contributed by atoms with Crippen LogP contribution in [-0.4, -0.2) is 17.9 Å². The van der Waals surface area contributed by atoms with Gasteiger partial charge in [0.15, 0.2) is 0 Å². The van der Waals surface area contributed by atoms with Gasteiger partial charge in [0, 0.05) is 34.1 Å². The normalized spacial score (nSPS) is 10.0. The van der Waals surface area contributed by atoms with E-state index in [0.29, 0.717) is 11.4 Å². The Morgan fingerprint density at radius 3 is 2.43 bits per heavy atom. The second-order valence-corrected chi connectivity index (χ2v) is 5.44. The number of nitrogens with zero attached hydrogens (tertiary/aromatic N) is 1. The van der Waals surface area contributed by atoms with Gasteiger partial charge in [0.05, 0.1) is 10.5 Å². The molecule has 0 aliphatic rings. The number of nitrogens with one attached hydrogen (secondary N) is 2. The number of nitro benzene ring substituents is 1. The average Bonchev–Trinajstić information content (AvgIpc) is 2.48. The smallest absolute Gasteiger partial charge is 0.270 e. The van der Waals surface area contributed by atoms with Gasteiger partial charge in [-0.05, 0) is 52.9 Å². The van der Waals surface area contributed by atoms with E-state index in [4.69, 9.17) is 0 Å². The Kier molecular flexibility index (Phi) is 4.73. The van der Waals surface area contributed by atoms with Gasteiger partial charge in [-0.2, -0.15) is 0 Å². The van der Waals surface area contributed by atoms with Crippen molar-refractivity contribution >= 4 is 45.6 Å². The molecule has 1 amide bonds. The van der Waals surface area contributed by atoms with Crippen LogP contribution in [0.4, 0.5) is 17.1 Å². The number of carbonyl (C=O) groups excluding carboxylic acids is 1. The van der Waals surface area contributed by atoms with Crippen molar-refractivity contribution in [3.63, 3.8) is 0 Å². The van der Waals surface area contributed by atoms with Crippen molar-refractivity contribution in [1.29, 1.82) is 0 Å². The molecule has 0 saturated heterocycles. The van der Waals surface area contributed by atoms with Crippen molar-refractivity contribution in [2.75, 3.05) is 17.7 Å². The van der Waals surface area contributed by atoms with E-state index < -0.39 is 10.8 Å². The summed E-state index contributed by atoms with van der Waals surface area (Å²) in [6.07, 6.45) is 0. The first-order valence-electron chi connectivity index (χ1n) is 6.04. The highest BCUT2D eigenvalue weighted by atomic mass is 127. The number of benzene rings is 2. The van der Waals surface area contributed by atoms with Crippen LogP contribution in [0.5, 0.6) is 0 Å². The average molecular weight is 397 g/mol. The number of carbonyl (C=O) groups is 1. The summed E-state index contributed by atoms with van der Waals surface area (Å²) in [5.74, 6) is -0.399. The first-order valence-corrected chi connectivity index (χ1v) is 7.12. The van der Waals surface area contributed by atoms with Crippen molar-refractivity contribution in [1.82, 2.24) is 0 Å². The SMILES string of the molecule is CNc1ccc([N+](=O)[O-])cc1C(=O)Nc1ccc(I)cc1. The lowest BCUT2D eigenvalue weighted by molar-refractivity contribution is -0.384. The molecule has 2 aromatic carbocycles. The first-order chi connectivity index (χ1) is 10.0. The van der Waals surface area contributed by atoms with Crippen molar-refractivity contribution < 1.29 is 9.72 Å². The summed E-state index contributed by atoms with van der Waals surface area (Å²) in [5.41, 5.74) is 1.27. The van der Waals surface area contributed by atoms with Gasteiger partial charge >= 0.3 is 0 Å². The highest BCUT2D eigenvalue weighted by molar-refractivity contribution is 14.1. The molecule has 0 fully saturated rings. The third kappa shape index (κ3) is 3.69. The molecule has 0 saturated carbocycles. The molecule has 7 heteroatoms. The fourth-order valence-electron chi connectivity index (χ4n) is 1.78. The molecular weight excluding hydrogens is 385 g/mol. The van der Waals surface area contributed by atoms with E-state index in [9.17, 15) is 14.9 Å². The van der Waals surface area contributed by atoms with E-state index in [-0.39, 0.29) is 11.3 Å². The van der Waals surface area contributed by atoms with Crippen LogP contribution in [0.3, 0.4) is 0 Å². The maximum Gasteiger partial charge on any atom is 0.270 e. The van der Waals surface area contributed by atoms with Gasteiger partial charge in [0.1, 0.15) is 0 Å². The number of hydrogen-bond donors (Lipinski definition) is 2. The van der Waals surface area contributed by atoms with Crippen molar-refractivity contribution in [3.8, 4) is 0 Å². The van der Waals surface area contributed by atoms with Crippen LogP contribution >= 0.6 is 22.6 Å². The standard InChI is InChI=1S/C14H12IN3O3/c1-16-13-7-6-11(18(20)21)8-12(13)14(19)17-10-4-2-9(15)3-5-10/h2-8,16H,1H3,(H,17,19). The number of rotatable bonds is 4. The number of nitro groups is 1. The fraction of sp³-hybridized carbons (Fsp3) is 0.0714. The minimum Gasteiger partial charge on any atom is -0.387 e. The van der Waals surface area contributed by atoms with E-state index in [1.165, 1.54) is 18.2 Å². The van der Waals surface area contributed by atoms with Crippen molar-refractivity contribution in [2.24, 2.45) is 0 Å². The molecule has 0 heterocycles. The van der Waals surface area contributed by atoms with Crippen LogP contribution in [0.15, 0.2) is 42.5 Å². The molecule has 0 aliphatic carbocycles. The minimum atomic E-state index is -0.527. The molecule has 6 nitrogen and oxygen atoms in total. The summed E-state index contributed by atoms with van der Waals surface area (Å²) in [5, 5.41) is 16.4. The second-order valence-electron chi connectivity index (χ2n) is 4.20. The molecule has 0 radical (unpaired) electrons. The monoisotopic (exact) mass is 397 g/mol. The third-order valence-electron chi connectivity index (χ3n) is 2.83. The molecular formula is C14H12IN3O3. The summed E-state index contributed by atoms with van der Waals surface area (Å²) in [6.45, 7) is 0. The quantitative estimate of drug-likeness (QED) is 0.470. The zero-order chi connectivity index (χ0) is 15.4. The highest BCUT2D eigenvalue weighted by Crippen LogP contribution is 2.23. The Morgan fingerprint density at radius 2 is 1.86 bits per heavy atom. The number of hydrogen-bond acceptors (Lipinski definition) is 4. The van der Waals surface area contributed by atoms with E-state index in [0.717, 1.165) is 3.57 Å². The Labute approximate surface area is 134 Å². The molecule has 2 aromatic rings. The molecule has 2 rings (SSSR count). The highest BCUT2D eigenvalue weighted by Gasteiger charge is 2.16. The number of halogens is 1. The van der Waals surface area contributed by atoms with E-state index in [1.54, 1.807) is 19.2 Å². The molecule has 2 N–H and O–H groups in total. The molecule has 0 aliphatic heterocycles. The summed E-state index contributed by atoms with van der Waals surface area (Å²) in [4.78, 5) is 22.6. The van der Waals surface area contributed by atoms with Crippen LogP contribution in [0.1, 0.15) is 10.4 Å². The summed E-state index contributed by atoms with van der Waals surface area (Å²) in [7, 11) is 1.66. The van der Waals surface area contributed by atoms with Gasteiger partial charge in [0.25, 0.3) is 11.6 Å². The summed E-state index contributed by atoms with van der Waals surface area (Å²) < 4.78 is 1.05. The third-order valence-corrected chi connectivity index (χ3v) is 3.55. The van der Waals surface area contributed by atoms with Gasteiger partial charge in [-0.3, -0.25) is 14.9 Å². The van der Waals surface area contributed by atoms with Gasteiger partial charge < -0.3 is 10.6 Å². The predicted octanol–water partition coefficient (Wildman–Crippen LogP) is 3.49. The van der Waals surface area contributed by atoms with Crippen LogP contribution < -0.4 is 10.6 Å². The van der Waals surface area contributed by atoms with E-state index in [1.807, 2.05) is 12.1 Å². The first kappa shape index (κ1) is 15.2. The summed E-state index contributed by atoms with van der Waals surface area (Å²) >= 11 is 2.17. The maximum atomic E-state index is 12.3. The Bertz CT molecular complexity index is 686. The Hall–Kier alpha value is -2.16. The van der Waals surface area contributed by atoms with Crippen molar-refractivity contribution in [3.05, 3.63) is 61.7 Å². The van der Waals surface area contributed by atoms with Gasteiger partial charge in [-0.25, -0.2) is 0 Å². The second kappa shape index (κ2) is 6.53. The van der Waals surface area contributed by atoms with Crippen molar-refractivity contribution in [2.45, 2.75) is 0 Å². The number of non-ortho nitro benzene ring substituents is 1.